The average Bonchev–Trinajstić information content (AvgIpc) is 3.52. The molecule has 5 nitrogen and oxygen atoms in total. The van der Waals surface area contributed by atoms with Gasteiger partial charge in [0.1, 0.15) is 5.82 Å². The highest BCUT2D eigenvalue weighted by molar-refractivity contribution is 7.99. The van der Waals surface area contributed by atoms with Crippen LogP contribution in [0.1, 0.15) is 50.0 Å². The molecule has 1 unspecified atom stereocenters. The lowest BCUT2D eigenvalue weighted by atomic mass is 10.0. The van der Waals surface area contributed by atoms with Crippen LogP contribution in [0.3, 0.4) is 0 Å². The van der Waals surface area contributed by atoms with Crippen molar-refractivity contribution in [2.45, 2.75) is 50.4 Å². The summed E-state index contributed by atoms with van der Waals surface area (Å²) in [6.45, 7) is 4.95. The molecule has 0 bridgehead atoms. The lowest BCUT2D eigenvalue weighted by Crippen LogP contribution is -2.28. The zero-order valence-corrected chi connectivity index (χ0v) is 17.7. The van der Waals surface area contributed by atoms with E-state index in [0.717, 1.165) is 23.1 Å². The van der Waals surface area contributed by atoms with Gasteiger partial charge in [-0.25, -0.2) is 0 Å². The predicted octanol–water partition coefficient (Wildman–Crippen LogP) is 4.81. The third kappa shape index (κ3) is 4.70. The van der Waals surface area contributed by atoms with Gasteiger partial charge in [0, 0.05) is 12.5 Å². The first-order chi connectivity index (χ1) is 14.2. The number of carbonyl (C=O) groups excluding carboxylic acids is 1. The summed E-state index contributed by atoms with van der Waals surface area (Å²) in [5.74, 6) is 1.98. The minimum absolute atomic E-state index is 0.00765. The predicted molar refractivity (Wildman–Crippen MR) is 117 cm³/mol. The lowest BCUT2D eigenvalue weighted by Gasteiger charge is -2.15. The Labute approximate surface area is 175 Å². The Morgan fingerprint density at radius 1 is 1.10 bits per heavy atom. The maximum atomic E-state index is 12.5. The minimum atomic E-state index is -0.0426. The molecule has 1 fully saturated rings. The molecule has 2 aromatic carbocycles. The summed E-state index contributed by atoms with van der Waals surface area (Å²) in [4.78, 5) is 12.5. The zero-order chi connectivity index (χ0) is 20.2. The Kier molecular flexibility index (Phi) is 6.00. The smallest absolute Gasteiger partial charge is 0.230 e. The SMILES string of the molecule is CCn1c(SCC(=O)NC(C)c2ccc(-c3ccccc3)cc2)nnc1C1CC1. The molecular weight excluding hydrogens is 380 g/mol. The van der Waals surface area contributed by atoms with E-state index >= 15 is 0 Å². The highest BCUT2D eigenvalue weighted by Crippen LogP contribution is 2.40. The number of hydrogen-bond donors (Lipinski definition) is 1. The Morgan fingerprint density at radius 3 is 2.45 bits per heavy atom. The summed E-state index contributed by atoms with van der Waals surface area (Å²) in [7, 11) is 0. The number of nitrogens with zero attached hydrogens (tertiary/aromatic N) is 3. The van der Waals surface area contributed by atoms with Crippen molar-refractivity contribution < 1.29 is 4.79 Å². The van der Waals surface area contributed by atoms with Crippen molar-refractivity contribution in [2.24, 2.45) is 0 Å². The first kappa shape index (κ1) is 19.7. The van der Waals surface area contributed by atoms with Crippen LogP contribution in [-0.2, 0) is 11.3 Å². The number of aromatic nitrogens is 3. The molecule has 1 aromatic heterocycles. The molecule has 1 saturated carbocycles. The molecule has 3 aromatic rings. The van der Waals surface area contributed by atoms with E-state index < -0.39 is 0 Å². The van der Waals surface area contributed by atoms with Gasteiger partial charge < -0.3 is 9.88 Å². The van der Waals surface area contributed by atoms with Gasteiger partial charge in [-0.15, -0.1) is 10.2 Å². The second-order valence-electron chi connectivity index (χ2n) is 7.43. The van der Waals surface area contributed by atoms with Gasteiger partial charge >= 0.3 is 0 Å². The molecule has 1 N–H and O–H groups in total. The molecule has 0 radical (unpaired) electrons. The van der Waals surface area contributed by atoms with Crippen LogP contribution in [0.2, 0.25) is 0 Å². The van der Waals surface area contributed by atoms with Gasteiger partial charge in [0.2, 0.25) is 5.91 Å². The third-order valence-corrected chi connectivity index (χ3v) is 6.20. The van der Waals surface area contributed by atoms with Crippen LogP contribution in [0.5, 0.6) is 0 Å². The largest absolute Gasteiger partial charge is 0.349 e. The molecule has 0 spiro atoms. The Morgan fingerprint density at radius 2 is 1.79 bits per heavy atom. The molecular formula is C23H26N4OS. The van der Waals surface area contributed by atoms with Crippen LogP contribution in [0.25, 0.3) is 11.1 Å². The van der Waals surface area contributed by atoms with Gasteiger partial charge in [0.05, 0.1) is 11.8 Å². The molecule has 0 aliphatic heterocycles. The van der Waals surface area contributed by atoms with Crippen molar-refractivity contribution in [3.05, 3.63) is 66.0 Å². The number of benzene rings is 2. The molecule has 150 valence electrons. The van der Waals surface area contributed by atoms with E-state index in [-0.39, 0.29) is 11.9 Å². The molecule has 1 atom stereocenters. The minimum Gasteiger partial charge on any atom is -0.349 e. The molecule has 1 heterocycles. The topological polar surface area (TPSA) is 59.8 Å². The van der Waals surface area contributed by atoms with Crippen molar-refractivity contribution in [1.29, 1.82) is 0 Å². The van der Waals surface area contributed by atoms with E-state index in [4.69, 9.17) is 0 Å². The van der Waals surface area contributed by atoms with E-state index in [1.807, 2.05) is 25.1 Å². The van der Waals surface area contributed by atoms with E-state index in [0.29, 0.717) is 11.7 Å². The summed E-state index contributed by atoms with van der Waals surface area (Å²) in [6, 6.07) is 18.6. The second-order valence-corrected chi connectivity index (χ2v) is 8.37. The molecule has 1 aliphatic carbocycles. The maximum Gasteiger partial charge on any atom is 0.230 e. The Hall–Kier alpha value is -2.60. The van der Waals surface area contributed by atoms with E-state index in [1.54, 1.807) is 0 Å². The van der Waals surface area contributed by atoms with Crippen molar-refractivity contribution in [1.82, 2.24) is 20.1 Å². The third-order valence-electron chi connectivity index (χ3n) is 5.23. The molecule has 0 saturated heterocycles. The van der Waals surface area contributed by atoms with E-state index in [2.05, 4.69) is 63.4 Å². The quantitative estimate of drug-likeness (QED) is 0.545. The molecule has 6 heteroatoms. The second kappa shape index (κ2) is 8.82. The van der Waals surface area contributed by atoms with Crippen LogP contribution in [0.4, 0.5) is 0 Å². The highest BCUT2D eigenvalue weighted by atomic mass is 32.2. The van der Waals surface area contributed by atoms with Crippen LogP contribution < -0.4 is 5.32 Å². The first-order valence-electron chi connectivity index (χ1n) is 10.2. The molecule has 1 amide bonds. The molecule has 4 rings (SSSR count). The van der Waals surface area contributed by atoms with Gasteiger partial charge in [-0.05, 0) is 43.4 Å². The fourth-order valence-corrected chi connectivity index (χ4v) is 4.26. The van der Waals surface area contributed by atoms with Gasteiger partial charge in [0.25, 0.3) is 0 Å². The Balaban J connectivity index is 1.32. The van der Waals surface area contributed by atoms with E-state index in [1.165, 1.54) is 35.7 Å². The monoisotopic (exact) mass is 406 g/mol. The van der Waals surface area contributed by atoms with Crippen LogP contribution >= 0.6 is 11.8 Å². The number of carbonyl (C=O) groups is 1. The Bertz CT molecular complexity index is 964. The summed E-state index contributed by atoms with van der Waals surface area (Å²) in [6.07, 6.45) is 2.40. The number of nitrogens with one attached hydrogen (secondary N) is 1. The summed E-state index contributed by atoms with van der Waals surface area (Å²) < 4.78 is 2.14. The van der Waals surface area contributed by atoms with Crippen molar-refractivity contribution in [2.75, 3.05) is 5.75 Å². The summed E-state index contributed by atoms with van der Waals surface area (Å²) in [5.41, 5.74) is 3.46. The van der Waals surface area contributed by atoms with Gasteiger partial charge in [-0.2, -0.15) is 0 Å². The highest BCUT2D eigenvalue weighted by Gasteiger charge is 2.30. The van der Waals surface area contributed by atoms with Crippen LogP contribution in [0, 0.1) is 0 Å². The first-order valence-corrected chi connectivity index (χ1v) is 11.1. The van der Waals surface area contributed by atoms with Gasteiger partial charge in [-0.1, -0.05) is 66.4 Å². The lowest BCUT2D eigenvalue weighted by molar-refractivity contribution is -0.119. The number of hydrogen-bond acceptors (Lipinski definition) is 4. The maximum absolute atomic E-state index is 12.5. The summed E-state index contributed by atoms with van der Waals surface area (Å²) in [5, 5.41) is 12.5. The number of rotatable bonds is 8. The van der Waals surface area contributed by atoms with Gasteiger partial charge in [0.15, 0.2) is 5.16 Å². The van der Waals surface area contributed by atoms with Crippen molar-refractivity contribution >= 4 is 17.7 Å². The van der Waals surface area contributed by atoms with Crippen LogP contribution in [0.15, 0.2) is 59.8 Å². The zero-order valence-electron chi connectivity index (χ0n) is 16.8. The normalized spacial score (nSPS) is 14.6. The number of amides is 1. The van der Waals surface area contributed by atoms with E-state index in [9.17, 15) is 4.79 Å². The van der Waals surface area contributed by atoms with Crippen LogP contribution in [-0.4, -0.2) is 26.4 Å². The van der Waals surface area contributed by atoms with Crippen molar-refractivity contribution in [3.8, 4) is 11.1 Å². The van der Waals surface area contributed by atoms with Crippen molar-refractivity contribution in [3.63, 3.8) is 0 Å². The fourth-order valence-electron chi connectivity index (χ4n) is 3.44. The molecule has 29 heavy (non-hydrogen) atoms. The molecule has 1 aliphatic rings. The standard InChI is InChI=1S/C23H26N4OS/c1-3-27-22(20-13-14-20)25-26-23(27)29-15-21(28)24-16(2)17-9-11-19(12-10-17)18-7-5-4-6-8-18/h4-12,16,20H,3,13-15H2,1-2H3,(H,24,28). The number of thioether (sulfide) groups is 1. The fraction of sp³-hybridized carbons (Fsp3) is 0.348. The summed E-state index contributed by atoms with van der Waals surface area (Å²) >= 11 is 1.46. The average molecular weight is 407 g/mol. The van der Waals surface area contributed by atoms with Gasteiger partial charge in [-0.3, -0.25) is 4.79 Å².